The molecule has 12 nitrogen and oxygen atoms in total. The summed E-state index contributed by atoms with van der Waals surface area (Å²) in [7, 11) is 0. The van der Waals surface area contributed by atoms with Crippen molar-refractivity contribution in [2.75, 3.05) is 0 Å². The molecule has 0 bridgehead atoms. The Bertz CT molecular complexity index is 903. The fourth-order valence-electron chi connectivity index (χ4n) is 3.17. The zero-order chi connectivity index (χ0) is 26.7. The molecule has 12 heteroatoms. The minimum atomic E-state index is -1.30. The topological polar surface area (TPSA) is 208 Å². The second kappa shape index (κ2) is 13.9. The van der Waals surface area contributed by atoms with Gasteiger partial charge >= 0.3 is 11.9 Å². The van der Waals surface area contributed by atoms with E-state index >= 15 is 0 Å². The first-order chi connectivity index (χ1) is 16.3. The van der Waals surface area contributed by atoms with Crippen molar-refractivity contribution >= 4 is 29.7 Å². The molecular weight excluding hydrogens is 460 g/mol. The highest BCUT2D eigenvalue weighted by atomic mass is 16.4. The van der Waals surface area contributed by atoms with Gasteiger partial charge in [-0.15, -0.1) is 0 Å². The molecule has 0 aliphatic carbocycles. The van der Waals surface area contributed by atoms with E-state index in [-0.39, 0.29) is 24.5 Å². The molecule has 0 aromatic heterocycles. The maximum Gasteiger partial charge on any atom is 0.326 e. The summed E-state index contributed by atoms with van der Waals surface area (Å²) in [5.74, 6) is -4.55. The third kappa shape index (κ3) is 10.9. The number of hydrogen-bond acceptors (Lipinski definition) is 7. The van der Waals surface area contributed by atoms with Crippen LogP contribution in [0.15, 0.2) is 24.3 Å². The van der Waals surface area contributed by atoms with Crippen molar-refractivity contribution in [3.8, 4) is 5.75 Å². The third-order valence-corrected chi connectivity index (χ3v) is 5.08. The van der Waals surface area contributed by atoms with Gasteiger partial charge in [-0.2, -0.15) is 0 Å². The van der Waals surface area contributed by atoms with E-state index < -0.39 is 60.2 Å². The van der Waals surface area contributed by atoms with E-state index in [1.807, 2.05) is 13.8 Å². The molecule has 0 aliphatic heterocycles. The summed E-state index contributed by atoms with van der Waals surface area (Å²) >= 11 is 0. The fourth-order valence-corrected chi connectivity index (χ4v) is 3.17. The maximum atomic E-state index is 12.7. The first-order valence-corrected chi connectivity index (χ1v) is 11.2. The SMILES string of the molecule is CC(C)CC(N)C(=O)NC(CCC(=O)O)C(=O)NC(C)C(=O)NC(Cc1ccc(O)cc1)C(=O)O. The van der Waals surface area contributed by atoms with Crippen molar-refractivity contribution in [1.82, 2.24) is 16.0 Å². The highest BCUT2D eigenvalue weighted by Gasteiger charge is 2.29. The quantitative estimate of drug-likeness (QED) is 0.181. The number of amides is 3. The van der Waals surface area contributed by atoms with Crippen LogP contribution in [0.25, 0.3) is 0 Å². The van der Waals surface area contributed by atoms with Crippen LogP contribution >= 0.6 is 0 Å². The molecule has 4 unspecified atom stereocenters. The van der Waals surface area contributed by atoms with E-state index in [0.717, 1.165) is 0 Å². The molecule has 0 fully saturated rings. The molecule has 0 spiro atoms. The Balaban J connectivity index is 2.81. The van der Waals surface area contributed by atoms with Crippen LogP contribution in [-0.2, 0) is 30.4 Å². The molecule has 3 amide bonds. The van der Waals surface area contributed by atoms with Gasteiger partial charge in [0.05, 0.1) is 6.04 Å². The molecule has 4 atom stereocenters. The number of nitrogens with one attached hydrogen (secondary N) is 3. The minimum Gasteiger partial charge on any atom is -0.508 e. The van der Waals surface area contributed by atoms with E-state index in [1.54, 1.807) is 0 Å². The first kappa shape index (κ1) is 29.4. The second-order valence-electron chi connectivity index (χ2n) is 8.73. The second-order valence-corrected chi connectivity index (χ2v) is 8.73. The van der Waals surface area contributed by atoms with Crippen molar-refractivity contribution in [2.45, 2.75) is 70.6 Å². The molecule has 0 saturated carbocycles. The van der Waals surface area contributed by atoms with Gasteiger partial charge in [0.2, 0.25) is 17.7 Å². The fraction of sp³-hybridized carbons (Fsp3) is 0.522. The smallest absolute Gasteiger partial charge is 0.326 e. The largest absolute Gasteiger partial charge is 0.508 e. The molecule has 0 aliphatic rings. The molecule has 8 N–H and O–H groups in total. The van der Waals surface area contributed by atoms with E-state index in [0.29, 0.717) is 12.0 Å². The van der Waals surface area contributed by atoms with Gasteiger partial charge in [-0.1, -0.05) is 26.0 Å². The van der Waals surface area contributed by atoms with Gasteiger partial charge in [0.1, 0.15) is 23.9 Å². The lowest BCUT2D eigenvalue weighted by atomic mass is 10.0. The lowest BCUT2D eigenvalue weighted by molar-refractivity contribution is -0.142. The number of hydrogen-bond donors (Lipinski definition) is 7. The summed E-state index contributed by atoms with van der Waals surface area (Å²) in [6.07, 6.45) is -0.344. The number of nitrogens with two attached hydrogens (primary N) is 1. The Morgan fingerprint density at radius 2 is 1.43 bits per heavy atom. The zero-order valence-corrected chi connectivity index (χ0v) is 20.0. The molecular formula is C23H34N4O8. The third-order valence-electron chi connectivity index (χ3n) is 5.08. The lowest BCUT2D eigenvalue weighted by Crippen LogP contribution is -2.56. The number of phenolic OH excluding ortho intramolecular Hbond substituents is 1. The Hall–Kier alpha value is -3.67. The standard InChI is InChI=1S/C23H34N4O8/c1-12(2)10-16(24)21(32)26-17(8-9-19(29)30)22(33)25-13(3)20(31)27-18(23(34)35)11-14-4-6-15(28)7-5-14/h4-7,12-13,16-18,28H,8-11,24H2,1-3H3,(H,25,33)(H,26,32)(H,27,31)(H,29,30)(H,34,35). The average molecular weight is 495 g/mol. The van der Waals surface area contributed by atoms with Gasteiger partial charge < -0.3 is 37.0 Å². The predicted octanol–water partition coefficient (Wildman–Crippen LogP) is -0.268. The summed E-state index contributed by atoms with van der Waals surface area (Å²) in [6.45, 7) is 5.06. The van der Waals surface area contributed by atoms with E-state index in [4.69, 9.17) is 10.8 Å². The Kier molecular flexibility index (Phi) is 11.7. The Labute approximate surface area is 203 Å². The number of carbonyl (C=O) groups excluding carboxylic acids is 3. The highest BCUT2D eigenvalue weighted by molar-refractivity contribution is 5.94. The number of carboxylic acids is 2. The number of carboxylic acid groups (broad SMARTS) is 2. The molecule has 1 aromatic rings. The summed E-state index contributed by atoms with van der Waals surface area (Å²) in [5.41, 5.74) is 6.39. The number of rotatable bonds is 14. The van der Waals surface area contributed by atoms with E-state index in [1.165, 1.54) is 31.2 Å². The molecule has 1 aromatic carbocycles. The summed E-state index contributed by atoms with van der Waals surface area (Å²) in [4.78, 5) is 60.2. The summed E-state index contributed by atoms with van der Waals surface area (Å²) in [5, 5.41) is 34.9. The first-order valence-electron chi connectivity index (χ1n) is 11.2. The van der Waals surface area contributed by atoms with E-state index in [2.05, 4.69) is 16.0 Å². The van der Waals surface area contributed by atoms with Gasteiger partial charge in [-0.25, -0.2) is 4.79 Å². The normalized spacial score (nSPS) is 14.3. The van der Waals surface area contributed by atoms with Crippen LogP contribution in [0.4, 0.5) is 0 Å². The van der Waals surface area contributed by atoms with Crippen molar-refractivity contribution in [1.29, 1.82) is 0 Å². The Morgan fingerprint density at radius 1 is 0.857 bits per heavy atom. The summed E-state index contributed by atoms with van der Waals surface area (Å²) in [6, 6.07) is 1.17. The molecule has 35 heavy (non-hydrogen) atoms. The molecule has 0 saturated heterocycles. The van der Waals surface area contributed by atoms with Crippen LogP contribution in [0.1, 0.15) is 45.6 Å². The minimum absolute atomic E-state index is 0.00991. The number of benzene rings is 1. The van der Waals surface area contributed by atoms with Crippen LogP contribution in [0.5, 0.6) is 5.75 Å². The predicted molar refractivity (Wildman–Crippen MR) is 125 cm³/mol. The van der Waals surface area contributed by atoms with Crippen molar-refractivity contribution in [3.05, 3.63) is 29.8 Å². The highest BCUT2D eigenvalue weighted by Crippen LogP contribution is 2.12. The maximum absolute atomic E-state index is 12.7. The van der Waals surface area contributed by atoms with Crippen LogP contribution in [0.3, 0.4) is 0 Å². The van der Waals surface area contributed by atoms with Gasteiger partial charge in [-0.3, -0.25) is 19.2 Å². The molecule has 0 heterocycles. The number of phenols is 1. The molecule has 194 valence electrons. The monoisotopic (exact) mass is 494 g/mol. The van der Waals surface area contributed by atoms with Crippen LogP contribution < -0.4 is 21.7 Å². The van der Waals surface area contributed by atoms with Crippen LogP contribution in [0, 0.1) is 5.92 Å². The van der Waals surface area contributed by atoms with E-state index in [9.17, 15) is 34.2 Å². The van der Waals surface area contributed by atoms with Crippen LogP contribution in [-0.4, -0.2) is 69.1 Å². The van der Waals surface area contributed by atoms with Gasteiger partial charge in [0.25, 0.3) is 0 Å². The van der Waals surface area contributed by atoms with Crippen molar-refractivity contribution in [3.63, 3.8) is 0 Å². The summed E-state index contributed by atoms with van der Waals surface area (Å²) < 4.78 is 0. The lowest BCUT2D eigenvalue weighted by Gasteiger charge is -2.23. The number of aromatic hydroxyl groups is 1. The molecule has 1 rings (SSSR count). The van der Waals surface area contributed by atoms with Gasteiger partial charge in [-0.05, 0) is 43.4 Å². The van der Waals surface area contributed by atoms with Gasteiger partial charge in [0, 0.05) is 12.8 Å². The van der Waals surface area contributed by atoms with Crippen molar-refractivity contribution in [2.24, 2.45) is 11.7 Å². The number of aliphatic carboxylic acids is 2. The van der Waals surface area contributed by atoms with Gasteiger partial charge in [0.15, 0.2) is 0 Å². The Morgan fingerprint density at radius 3 is 1.94 bits per heavy atom. The van der Waals surface area contributed by atoms with Crippen LogP contribution in [0.2, 0.25) is 0 Å². The zero-order valence-electron chi connectivity index (χ0n) is 20.0. The molecule has 0 radical (unpaired) electrons. The average Bonchev–Trinajstić information content (AvgIpc) is 2.76. The van der Waals surface area contributed by atoms with Crippen molar-refractivity contribution < 1.29 is 39.3 Å². The number of carbonyl (C=O) groups is 5.